The molecule has 0 aromatic carbocycles. The lowest BCUT2D eigenvalue weighted by Crippen LogP contribution is -2.55. The normalized spacial score (nSPS) is 14.1. The van der Waals surface area contributed by atoms with Crippen LogP contribution in [0.5, 0.6) is 0 Å². The third-order valence-electron chi connectivity index (χ3n) is 3.88. The van der Waals surface area contributed by atoms with E-state index >= 15 is 0 Å². The van der Waals surface area contributed by atoms with Gasteiger partial charge in [0.15, 0.2) is 0 Å². The molecule has 0 saturated carbocycles. The van der Waals surface area contributed by atoms with Crippen LogP contribution in [0.25, 0.3) is 0 Å². The molecule has 0 aliphatic rings. The number of carbonyl (C=O) groups is 4. The van der Waals surface area contributed by atoms with Gasteiger partial charge in [0.1, 0.15) is 12.1 Å². The molecule has 9 nitrogen and oxygen atoms in total. The van der Waals surface area contributed by atoms with Crippen molar-refractivity contribution in [1.29, 1.82) is 0 Å². The lowest BCUT2D eigenvalue weighted by molar-refractivity contribution is -0.141. The van der Waals surface area contributed by atoms with E-state index in [9.17, 15) is 19.2 Å². The molecule has 0 aliphatic heterocycles. The fourth-order valence-corrected chi connectivity index (χ4v) is 3.15. The van der Waals surface area contributed by atoms with Crippen LogP contribution >= 0.6 is 23.5 Å². The topological polar surface area (TPSA) is 151 Å². The fourth-order valence-electron chi connectivity index (χ4n) is 2.19. The lowest BCUT2D eigenvalue weighted by atomic mass is 10.0. The lowest BCUT2D eigenvalue weighted by Gasteiger charge is -2.23. The number of hydrogen-bond acceptors (Lipinski definition) is 7. The van der Waals surface area contributed by atoms with Gasteiger partial charge in [0, 0.05) is 0 Å². The zero-order chi connectivity index (χ0) is 21.7. The average Bonchev–Trinajstić information content (AvgIpc) is 2.64. The van der Waals surface area contributed by atoms with Gasteiger partial charge in [-0.3, -0.25) is 14.4 Å². The van der Waals surface area contributed by atoms with E-state index < -0.39 is 41.8 Å². The molecule has 6 N–H and O–H groups in total. The van der Waals surface area contributed by atoms with Crippen LogP contribution in [-0.4, -0.2) is 77.5 Å². The summed E-state index contributed by atoms with van der Waals surface area (Å²) in [6, 6.07) is -2.56. The minimum atomic E-state index is -1.12. The van der Waals surface area contributed by atoms with E-state index in [0.717, 1.165) is 5.75 Å². The molecule has 0 aliphatic carbocycles. The molecule has 0 radical (unpaired) electrons. The molecule has 28 heavy (non-hydrogen) atoms. The SMILES string of the molecule is CSCCC(N)C(=O)NC(C(=O)NCC(=O)NC(CCSC)C(=O)O)C(C)C. The smallest absolute Gasteiger partial charge is 0.326 e. The number of nitrogens with one attached hydrogen (secondary N) is 3. The number of thioether (sulfide) groups is 2. The van der Waals surface area contributed by atoms with Crippen molar-refractivity contribution in [2.24, 2.45) is 11.7 Å². The van der Waals surface area contributed by atoms with E-state index in [2.05, 4.69) is 16.0 Å². The van der Waals surface area contributed by atoms with Crippen LogP contribution in [0.15, 0.2) is 0 Å². The van der Waals surface area contributed by atoms with Gasteiger partial charge in [-0.2, -0.15) is 23.5 Å². The number of carboxylic acid groups (broad SMARTS) is 1. The molecular weight excluding hydrogens is 404 g/mol. The molecule has 0 aromatic rings. The Balaban J connectivity index is 4.66. The third kappa shape index (κ3) is 10.8. The Kier molecular flexibility index (Phi) is 13.8. The van der Waals surface area contributed by atoms with Crippen molar-refractivity contribution in [3.63, 3.8) is 0 Å². The molecule has 162 valence electrons. The summed E-state index contributed by atoms with van der Waals surface area (Å²) in [6.45, 7) is 3.15. The molecule has 0 rings (SSSR count). The van der Waals surface area contributed by atoms with Crippen molar-refractivity contribution in [2.45, 2.75) is 44.8 Å². The maximum Gasteiger partial charge on any atom is 0.326 e. The minimum Gasteiger partial charge on any atom is -0.480 e. The first-order valence-electron chi connectivity index (χ1n) is 8.97. The quantitative estimate of drug-likeness (QED) is 0.248. The number of amides is 3. The number of aliphatic carboxylic acids is 1. The van der Waals surface area contributed by atoms with Crippen LogP contribution in [0.3, 0.4) is 0 Å². The molecule has 3 atom stereocenters. The molecular formula is C17H32N4O5S2. The van der Waals surface area contributed by atoms with Crippen LogP contribution < -0.4 is 21.7 Å². The summed E-state index contributed by atoms with van der Waals surface area (Å²) in [4.78, 5) is 47.7. The number of rotatable bonds is 14. The van der Waals surface area contributed by atoms with E-state index in [0.29, 0.717) is 12.2 Å². The van der Waals surface area contributed by atoms with E-state index in [1.165, 1.54) is 11.8 Å². The van der Waals surface area contributed by atoms with Gasteiger partial charge in [0.25, 0.3) is 0 Å². The van der Waals surface area contributed by atoms with Crippen LogP contribution in [0.1, 0.15) is 26.7 Å². The standard InChI is InChI=1S/C17H32N4O5S2/c1-10(2)14(21-15(23)11(18)5-7-27-3)16(24)19-9-13(22)20-12(17(25)26)6-8-28-4/h10-12,14H,5-9,18H2,1-4H3,(H,19,24)(H,20,22)(H,21,23)(H,25,26). The van der Waals surface area contributed by atoms with Gasteiger partial charge in [-0.15, -0.1) is 0 Å². The monoisotopic (exact) mass is 436 g/mol. The molecule has 0 fully saturated rings. The van der Waals surface area contributed by atoms with E-state index in [1.807, 2.05) is 12.5 Å². The van der Waals surface area contributed by atoms with Gasteiger partial charge in [-0.25, -0.2) is 4.79 Å². The van der Waals surface area contributed by atoms with Crippen molar-refractivity contribution < 1.29 is 24.3 Å². The Morgan fingerprint density at radius 1 is 0.964 bits per heavy atom. The highest BCUT2D eigenvalue weighted by molar-refractivity contribution is 7.98. The second-order valence-corrected chi connectivity index (χ2v) is 8.55. The highest BCUT2D eigenvalue weighted by Crippen LogP contribution is 2.05. The van der Waals surface area contributed by atoms with Crippen molar-refractivity contribution in [3.05, 3.63) is 0 Å². The van der Waals surface area contributed by atoms with Gasteiger partial charge >= 0.3 is 5.97 Å². The summed E-state index contributed by atoms with van der Waals surface area (Å²) in [5.41, 5.74) is 5.82. The molecule has 0 aromatic heterocycles. The third-order valence-corrected chi connectivity index (χ3v) is 5.17. The maximum absolute atomic E-state index is 12.4. The summed E-state index contributed by atoms with van der Waals surface area (Å²) >= 11 is 3.05. The highest BCUT2D eigenvalue weighted by atomic mass is 32.2. The first kappa shape index (κ1) is 26.5. The Hall–Kier alpha value is -1.46. The summed E-state index contributed by atoms with van der Waals surface area (Å²) < 4.78 is 0. The van der Waals surface area contributed by atoms with Crippen LogP contribution in [-0.2, 0) is 19.2 Å². The Bertz CT molecular complexity index is 534. The predicted octanol–water partition coefficient (Wildman–Crippen LogP) is -0.354. The van der Waals surface area contributed by atoms with Crippen molar-refractivity contribution >= 4 is 47.2 Å². The first-order chi connectivity index (χ1) is 13.1. The van der Waals surface area contributed by atoms with Crippen molar-refractivity contribution in [3.8, 4) is 0 Å². The van der Waals surface area contributed by atoms with Crippen molar-refractivity contribution in [1.82, 2.24) is 16.0 Å². The zero-order valence-electron chi connectivity index (χ0n) is 16.8. The largest absolute Gasteiger partial charge is 0.480 e. The second-order valence-electron chi connectivity index (χ2n) is 6.58. The molecule has 3 unspecified atom stereocenters. The molecule has 0 spiro atoms. The van der Waals surface area contributed by atoms with Gasteiger partial charge in [-0.05, 0) is 42.8 Å². The predicted molar refractivity (Wildman–Crippen MR) is 113 cm³/mol. The number of carbonyl (C=O) groups excluding carboxylic acids is 3. The fraction of sp³-hybridized carbons (Fsp3) is 0.765. The van der Waals surface area contributed by atoms with E-state index in [4.69, 9.17) is 10.8 Å². The van der Waals surface area contributed by atoms with Crippen LogP contribution in [0.2, 0.25) is 0 Å². The van der Waals surface area contributed by atoms with E-state index in [1.54, 1.807) is 25.6 Å². The Labute approximate surface area is 174 Å². The summed E-state index contributed by atoms with van der Waals surface area (Å²) in [6.07, 6.45) is 4.54. The number of carboxylic acids is 1. The number of hydrogen-bond donors (Lipinski definition) is 5. The summed E-state index contributed by atoms with van der Waals surface area (Å²) in [7, 11) is 0. The van der Waals surface area contributed by atoms with Gasteiger partial charge in [0.05, 0.1) is 12.6 Å². The number of nitrogens with two attached hydrogens (primary N) is 1. The maximum atomic E-state index is 12.4. The summed E-state index contributed by atoms with van der Waals surface area (Å²) in [5, 5.41) is 16.6. The molecule has 3 amide bonds. The second kappa shape index (κ2) is 14.5. The molecule has 0 bridgehead atoms. The van der Waals surface area contributed by atoms with Crippen LogP contribution in [0, 0.1) is 5.92 Å². The zero-order valence-corrected chi connectivity index (χ0v) is 18.5. The Morgan fingerprint density at radius 3 is 2.04 bits per heavy atom. The highest BCUT2D eigenvalue weighted by Gasteiger charge is 2.27. The first-order valence-corrected chi connectivity index (χ1v) is 11.8. The van der Waals surface area contributed by atoms with E-state index in [-0.39, 0.29) is 18.9 Å². The molecule has 0 saturated heterocycles. The summed E-state index contributed by atoms with van der Waals surface area (Å²) in [5.74, 6) is -1.57. The van der Waals surface area contributed by atoms with Gasteiger partial charge in [-0.1, -0.05) is 13.8 Å². The molecule has 11 heteroatoms. The minimum absolute atomic E-state index is 0.215. The molecule has 0 heterocycles. The van der Waals surface area contributed by atoms with Crippen molar-refractivity contribution in [2.75, 3.05) is 30.6 Å². The van der Waals surface area contributed by atoms with Crippen LogP contribution in [0.4, 0.5) is 0 Å². The van der Waals surface area contributed by atoms with Gasteiger partial charge in [0.2, 0.25) is 17.7 Å². The Morgan fingerprint density at radius 2 is 1.54 bits per heavy atom. The van der Waals surface area contributed by atoms with Gasteiger partial charge < -0.3 is 26.8 Å². The average molecular weight is 437 g/mol.